The summed E-state index contributed by atoms with van der Waals surface area (Å²) >= 11 is 0. The number of aliphatic imine (C=N–C) groups is 1. The first-order valence-corrected chi connectivity index (χ1v) is 10.7. The van der Waals surface area contributed by atoms with Gasteiger partial charge in [-0.05, 0) is 37.1 Å². The Hall–Kier alpha value is -3.68. The van der Waals surface area contributed by atoms with Gasteiger partial charge in [0.2, 0.25) is 5.75 Å². The van der Waals surface area contributed by atoms with Gasteiger partial charge in [-0.2, -0.15) is 0 Å². The zero-order valence-electron chi connectivity index (χ0n) is 20.0. The maximum atomic E-state index is 12.7. The fourth-order valence-corrected chi connectivity index (χ4v) is 3.97. The molecule has 176 valence electrons. The molecule has 0 bridgehead atoms. The predicted molar refractivity (Wildman–Crippen MR) is 127 cm³/mol. The molecule has 1 N–H and O–H groups in total. The number of methoxy groups -OCH3 is 4. The first kappa shape index (κ1) is 24.0. The molecule has 0 saturated carbocycles. The smallest absolute Gasteiger partial charge is 0.337 e. The summed E-state index contributed by atoms with van der Waals surface area (Å²) in [6.45, 7) is 4.94. The van der Waals surface area contributed by atoms with Crippen LogP contribution in [0.4, 0.5) is 0 Å². The molecule has 0 unspecified atom stereocenters. The summed E-state index contributed by atoms with van der Waals surface area (Å²) < 4.78 is 21.4. The monoisotopic (exact) mass is 453 g/mol. The summed E-state index contributed by atoms with van der Waals surface area (Å²) in [7, 11) is 6.14. The van der Waals surface area contributed by atoms with E-state index in [1.807, 2.05) is 61.2 Å². The van der Waals surface area contributed by atoms with E-state index in [2.05, 4.69) is 5.32 Å². The maximum Gasteiger partial charge on any atom is 0.337 e. The molecule has 2 aromatic carbocycles. The van der Waals surface area contributed by atoms with Gasteiger partial charge in [-0.25, -0.2) is 9.79 Å². The second kappa shape index (κ2) is 10.8. The minimum atomic E-state index is -0.375. The normalized spacial score (nSPS) is 17.0. The maximum absolute atomic E-state index is 12.7. The zero-order valence-corrected chi connectivity index (χ0v) is 20.0. The minimum absolute atomic E-state index is 0.365. The van der Waals surface area contributed by atoms with Crippen molar-refractivity contribution < 1.29 is 23.7 Å². The summed E-state index contributed by atoms with van der Waals surface area (Å²) in [6.07, 6.45) is 0. The summed E-state index contributed by atoms with van der Waals surface area (Å²) in [5, 5.41) is 3.45. The SMILES string of the molecule is CCN1C(=NCc2cc(OC)c(OC)c(OC)c2)N[C@@H](c2ccccc2)C(C(=O)OC)=C1C. The molecular formula is C25H31N3O5. The highest BCUT2D eigenvalue weighted by Crippen LogP contribution is 2.38. The number of carbonyl (C=O) groups is 1. The van der Waals surface area contributed by atoms with Crippen LogP contribution < -0.4 is 19.5 Å². The fraction of sp³-hybridized carbons (Fsp3) is 0.360. The molecule has 1 atom stereocenters. The van der Waals surface area contributed by atoms with Crippen LogP contribution in [-0.4, -0.2) is 51.8 Å². The molecule has 8 heteroatoms. The molecule has 2 aromatic rings. The first-order chi connectivity index (χ1) is 16.0. The summed E-state index contributed by atoms with van der Waals surface area (Å²) in [6, 6.07) is 13.2. The van der Waals surface area contributed by atoms with Crippen molar-refractivity contribution >= 4 is 11.9 Å². The molecule has 3 rings (SSSR count). The van der Waals surface area contributed by atoms with E-state index >= 15 is 0 Å². The Balaban J connectivity index is 2.02. The van der Waals surface area contributed by atoms with E-state index in [1.54, 1.807) is 21.3 Å². The molecule has 0 aromatic heterocycles. The van der Waals surface area contributed by atoms with Gasteiger partial charge < -0.3 is 29.2 Å². The molecule has 0 radical (unpaired) electrons. The van der Waals surface area contributed by atoms with Crippen LogP contribution in [-0.2, 0) is 16.1 Å². The van der Waals surface area contributed by atoms with Crippen molar-refractivity contribution in [1.29, 1.82) is 0 Å². The third-order valence-electron chi connectivity index (χ3n) is 5.60. The molecule has 0 amide bonds. The summed E-state index contributed by atoms with van der Waals surface area (Å²) in [5.74, 6) is 1.98. The van der Waals surface area contributed by atoms with Gasteiger partial charge in [-0.3, -0.25) is 0 Å². The third kappa shape index (κ3) is 4.89. The van der Waals surface area contributed by atoms with Crippen molar-refractivity contribution in [2.45, 2.75) is 26.4 Å². The van der Waals surface area contributed by atoms with E-state index < -0.39 is 0 Å². The molecule has 0 spiro atoms. The van der Waals surface area contributed by atoms with Crippen LogP contribution >= 0.6 is 0 Å². The van der Waals surface area contributed by atoms with Crippen LogP contribution in [0, 0.1) is 0 Å². The van der Waals surface area contributed by atoms with Crippen LogP contribution in [0.2, 0.25) is 0 Å². The van der Waals surface area contributed by atoms with Gasteiger partial charge in [0, 0.05) is 12.2 Å². The number of ether oxygens (including phenoxy) is 4. The fourth-order valence-electron chi connectivity index (χ4n) is 3.97. The van der Waals surface area contributed by atoms with Crippen molar-refractivity contribution in [2.24, 2.45) is 4.99 Å². The van der Waals surface area contributed by atoms with Gasteiger partial charge >= 0.3 is 5.97 Å². The summed E-state index contributed by atoms with van der Waals surface area (Å²) in [5.41, 5.74) is 3.22. The quantitative estimate of drug-likeness (QED) is 0.611. The number of hydrogen-bond acceptors (Lipinski definition) is 6. The molecule has 1 aliphatic heterocycles. The number of rotatable bonds is 8. The van der Waals surface area contributed by atoms with E-state index in [0.717, 1.165) is 16.8 Å². The van der Waals surface area contributed by atoms with Crippen LogP contribution in [0.3, 0.4) is 0 Å². The van der Waals surface area contributed by atoms with Gasteiger partial charge in [0.15, 0.2) is 17.5 Å². The lowest BCUT2D eigenvalue weighted by Gasteiger charge is -2.37. The van der Waals surface area contributed by atoms with Gasteiger partial charge in [-0.1, -0.05) is 30.3 Å². The number of carbonyl (C=O) groups excluding carboxylic acids is 1. The minimum Gasteiger partial charge on any atom is -0.493 e. The lowest BCUT2D eigenvalue weighted by atomic mass is 9.95. The Morgan fingerprint density at radius 1 is 1.03 bits per heavy atom. The zero-order chi connectivity index (χ0) is 24.0. The van der Waals surface area contributed by atoms with E-state index in [4.69, 9.17) is 23.9 Å². The highest BCUT2D eigenvalue weighted by molar-refractivity contribution is 5.96. The number of benzene rings is 2. The van der Waals surface area contributed by atoms with Crippen molar-refractivity contribution in [2.75, 3.05) is 35.0 Å². The molecule has 0 fully saturated rings. The standard InChI is InChI=1S/C25H31N3O5/c1-7-28-16(2)21(24(29)33-6)22(18-11-9-8-10-12-18)27-25(28)26-15-17-13-19(30-3)23(32-5)20(14-17)31-4/h8-14,22H,7,15H2,1-6H3,(H,26,27)/t22-/m0/s1. The van der Waals surface area contributed by atoms with Crippen molar-refractivity contribution in [3.63, 3.8) is 0 Å². The summed E-state index contributed by atoms with van der Waals surface area (Å²) in [4.78, 5) is 19.5. The van der Waals surface area contributed by atoms with Gasteiger partial charge in [0.05, 0.1) is 46.6 Å². The topological polar surface area (TPSA) is 81.6 Å². The molecule has 1 heterocycles. The average Bonchev–Trinajstić information content (AvgIpc) is 2.86. The first-order valence-electron chi connectivity index (χ1n) is 10.7. The second-order valence-electron chi connectivity index (χ2n) is 7.40. The molecule has 0 saturated heterocycles. The van der Waals surface area contributed by atoms with Gasteiger partial charge in [0.25, 0.3) is 0 Å². The van der Waals surface area contributed by atoms with E-state index in [9.17, 15) is 4.79 Å². The number of nitrogens with one attached hydrogen (secondary N) is 1. The van der Waals surface area contributed by atoms with E-state index in [-0.39, 0.29) is 12.0 Å². The van der Waals surface area contributed by atoms with Crippen molar-refractivity contribution in [1.82, 2.24) is 10.2 Å². The molecule has 1 aliphatic rings. The molecule has 0 aliphatic carbocycles. The lowest BCUT2D eigenvalue weighted by molar-refractivity contribution is -0.136. The van der Waals surface area contributed by atoms with E-state index in [0.29, 0.717) is 41.9 Å². The number of hydrogen-bond donors (Lipinski definition) is 1. The Labute approximate surface area is 194 Å². The molecule has 8 nitrogen and oxygen atoms in total. The van der Waals surface area contributed by atoms with Crippen LogP contribution in [0.5, 0.6) is 17.2 Å². The van der Waals surface area contributed by atoms with Crippen LogP contribution in [0.15, 0.2) is 58.7 Å². The van der Waals surface area contributed by atoms with E-state index in [1.165, 1.54) is 7.11 Å². The van der Waals surface area contributed by atoms with Gasteiger partial charge in [-0.15, -0.1) is 0 Å². The predicted octanol–water partition coefficient (Wildman–Crippen LogP) is 3.68. The van der Waals surface area contributed by atoms with Crippen LogP contribution in [0.1, 0.15) is 31.0 Å². The third-order valence-corrected chi connectivity index (χ3v) is 5.60. The second-order valence-corrected chi connectivity index (χ2v) is 7.40. The van der Waals surface area contributed by atoms with Gasteiger partial charge in [0.1, 0.15) is 0 Å². The Kier molecular flexibility index (Phi) is 7.82. The molecular weight excluding hydrogens is 422 g/mol. The Morgan fingerprint density at radius 2 is 1.67 bits per heavy atom. The van der Waals surface area contributed by atoms with Crippen LogP contribution in [0.25, 0.3) is 0 Å². The van der Waals surface area contributed by atoms with Crippen molar-refractivity contribution in [3.8, 4) is 17.2 Å². The number of esters is 1. The number of nitrogens with zero attached hydrogens (tertiary/aromatic N) is 2. The Bertz CT molecular complexity index is 1020. The lowest BCUT2D eigenvalue weighted by Crippen LogP contribution is -2.49. The highest BCUT2D eigenvalue weighted by Gasteiger charge is 2.34. The largest absolute Gasteiger partial charge is 0.493 e. The number of allylic oxidation sites excluding steroid dienone is 1. The number of guanidine groups is 1. The molecule has 33 heavy (non-hydrogen) atoms. The average molecular weight is 454 g/mol. The Morgan fingerprint density at radius 3 is 2.18 bits per heavy atom. The van der Waals surface area contributed by atoms with Crippen molar-refractivity contribution in [3.05, 3.63) is 64.9 Å². The highest BCUT2D eigenvalue weighted by atomic mass is 16.5.